The number of ether oxygens (including phenoxy) is 1. The van der Waals surface area contributed by atoms with Crippen molar-refractivity contribution in [2.45, 2.75) is 12.0 Å². The van der Waals surface area contributed by atoms with Gasteiger partial charge in [-0.1, -0.05) is 23.7 Å². The Hall–Kier alpha value is -2.11. The van der Waals surface area contributed by atoms with Gasteiger partial charge in [-0.05, 0) is 50.0 Å². The van der Waals surface area contributed by atoms with Crippen molar-refractivity contribution in [2.24, 2.45) is 0 Å². The molecule has 3 rings (SSSR count). The van der Waals surface area contributed by atoms with E-state index >= 15 is 0 Å². The SMILES string of the molecule is COc1ccc(C2CN(C(=O)c3ccc(Cl)cc3F)CC2N(C)C)cc1. The van der Waals surface area contributed by atoms with Gasteiger partial charge in [0.2, 0.25) is 0 Å². The Balaban J connectivity index is 1.85. The van der Waals surface area contributed by atoms with Gasteiger partial charge >= 0.3 is 0 Å². The first kappa shape index (κ1) is 18.7. The Bertz CT molecular complexity index is 795. The van der Waals surface area contributed by atoms with Gasteiger partial charge in [-0.3, -0.25) is 4.79 Å². The van der Waals surface area contributed by atoms with Gasteiger partial charge in [-0.25, -0.2) is 4.39 Å². The van der Waals surface area contributed by atoms with E-state index in [1.807, 2.05) is 38.4 Å². The number of benzene rings is 2. The molecule has 26 heavy (non-hydrogen) atoms. The van der Waals surface area contributed by atoms with Crippen molar-refractivity contribution in [3.05, 3.63) is 64.4 Å². The number of nitrogens with zero attached hydrogens (tertiary/aromatic N) is 2. The highest BCUT2D eigenvalue weighted by Gasteiger charge is 2.38. The molecule has 2 aromatic rings. The monoisotopic (exact) mass is 376 g/mol. The molecule has 1 fully saturated rings. The molecule has 1 aliphatic heterocycles. The second-order valence-corrected chi connectivity index (χ2v) is 7.18. The molecule has 1 saturated heterocycles. The van der Waals surface area contributed by atoms with E-state index in [-0.39, 0.29) is 28.5 Å². The number of rotatable bonds is 4. The van der Waals surface area contributed by atoms with Gasteiger partial charge in [0.1, 0.15) is 11.6 Å². The largest absolute Gasteiger partial charge is 0.497 e. The molecule has 6 heteroatoms. The molecule has 0 spiro atoms. The van der Waals surface area contributed by atoms with Crippen LogP contribution in [0.4, 0.5) is 4.39 Å². The first-order valence-corrected chi connectivity index (χ1v) is 8.83. The first-order valence-electron chi connectivity index (χ1n) is 8.45. The fourth-order valence-corrected chi connectivity index (χ4v) is 3.65. The number of halogens is 2. The van der Waals surface area contributed by atoms with E-state index in [2.05, 4.69) is 4.90 Å². The molecular formula is C20H22ClFN2O2. The van der Waals surface area contributed by atoms with Gasteiger partial charge in [0.05, 0.1) is 12.7 Å². The third-order valence-electron chi connectivity index (χ3n) is 4.94. The van der Waals surface area contributed by atoms with E-state index in [1.54, 1.807) is 18.1 Å². The van der Waals surface area contributed by atoms with Gasteiger partial charge in [-0.2, -0.15) is 0 Å². The molecule has 1 heterocycles. The summed E-state index contributed by atoms with van der Waals surface area (Å²) in [7, 11) is 5.63. The molecule has 2 unspecified atom stereocenters. The molecule has 0 aromatic heterocycles. The molecule has 1 amide bonds. The number of hydrogen-bond acceptors (Lipinski definition) is 3. The number of amides is 1. The van der Waals surface area contributed by atoms with Crippen molar-refractivity contribution in [3.8, 4) is 5.75 Å². The van der Waals surface area contributed by atoms with Crippen LogP contribution in [0.5, 0.6) is 5.75 Å². The van der Waals surface area contributed by atoms with Gasteiger partial charge in [0, 0.05) is 30.1 Å². The number of likely N-dealkylation sites (N-methyl/N-ethyl adjacent to an activating group) is 1. The van der Waals surface area contributed by atoms with Gasteiger partial charge < -0.3 is 14.5 Å². The molecule has 0 aliphatic carbocycles. The normalized spacial score (nSPS) is 19.8. The van der Waals surface area contributed by atoms with Crippen LogP contribution in [0.2, 0.25) is 5.02 Å². The summed E-state index contributed by atoms with van der Waals surface area (Å²) in [5.74, 6) is 0.0540. The molecule has 0 radical (unpaired) electrons. The summed E-state index contributed by atoms with van der Waals surface area (Å²) in [5.41, 5.74) is 1.19. The lowest BCUT2D eigenvalue weighted by Gasteiger charge is -2.25. The van der Waals surface area contributed by atoms with Crippen LogP contribution in [-0.4, -0.2) is 56.0 Å². The lowest BCUT2D eigenvalue weighted by Crippen LogP contribution is -2.36. The van der Waals surface area contributed by atoms with E-state index < -0.39 is 5.82 Å². The lowest BCUT2D eigenvalue weighted by molar-refractivity contribution is 0.0778. The summed E-state index contributed by atoms with van der Waals surface area (Å²) >= 11 is 5.79. The van der Waals surface area contributed by atoms with E-state index in [0.29, 0.717) is 13.1 Å². The maximum absolute atomic E-state index is 14.2. The van der Waals surface area contributed by atoms with E-state index in [1.165, 1.54) is 12.1 Å². The molecule has 0 N–H and O–H groups in total. The number of likely N-dealkylation sites (tertiary alicyclic amines) is 1. The summed E-state index contributed by atoms with van der Waals surface area (Å²) in [6.45, 7) is 1.08. The number of carbonyl (C=O) groups is 1. The topological polar surface area (TPSA) is 32.8 Å². The zero-order valence-electron chi connectivity index (χ0n) is 15.1. The van der Waals surface area contributed by atoms with Crippen LogP contribution in [0, 0.1) is 5.82 Å². The van der Waals surface area contributed by atoms with Crippen LogP contribution in [0.1, 0.15) is 21.8 Å². The summed E-state index contributed by atoms with van der Waals surface area (Å²) in [6.07, 6.45) is 0. The minimum atomic E-state index is -0.586. The second kappa shape index (κ2) is 7.64. The highest BCUT2D eigenvalue weighted by molar-refractivity contribution is 6.30. The van der Waals surface area contributed by atoms with Crippen LogP contribution in [-0.2, 0) is 0 Å². The van der Waals surface area contributed by atoms with Crippen LogP contribution in [0.15, 0.2) is 42.5 Å². The Morgan fingerprint density at radius 1 is 1.19 bits per heavy atom. The van der Waals surface area contributed by atoms with E-state index in [0.717, 1.165) is 11.3 Å². The number of hydrogen-bond donors (Lipinski definition) is 0. The van der Waals surface area contributed by atoms with Crippen molar-refractivity contribution in [1.29, 1.82) is 0 Å². The Morgan fingerprint density at radius 2 is 1.88 bits per heavy atom. The van der Waals surface area contributed by atoms with Crippen LogP contribution in [0.3, 0.4) is 0 Å². The molecule has 1 aliphatic rings. The standard InChI is InChI=1S/C20H22ClFN2O2/c1-23(2)19-12-24(20(25)16-9-6-14(21)10-18(16)22)11-17(19)13-4-7-15(26-3)8-5-13/h4-10,17,19H,11-12H2,1-3H3. The third-order valence-corrected chi connectivity index (χ3v) is 5.18. The van der Waals surface area contributed by atoms with Gasteiger partial charge in [0.25, 0.3) is 5.91 Å². The Labute approximate surface area is 158 Å². The smallest absolute Gasteiger partial charge is 0.256 e. The molecule has 0 saturated carbocycles. The van der Waals surface area contributed by atoms with E-state index in [4.69, 9.17) is 16.3 Å². The van der Waals surface area contributed by atoms with Gasteiger partial charge in [0.15, 0.2) is 0 Å². The number of carbonyl (C=O) groups excluding carboxylic acids is 1. The Kier molecular flexibility index (Phi) is 5.49. The van der Waals surface area contributed by atoms with Crippen LogP contribution in [0.25, 0.3) is 0 Å². The van der Waals surface area contributed by atoms with E-state index in [9.17, 15) is 9.18 Å². The molecular weight excluding hydrogens is 355 g/mol. The second-order valence-electron chi connectivity index (χ2n) is 6.74. The van der Waals surface area contributed by atoms with Gasteiger partial charge in [-0.15, -0.1) is 0 Å². The minimum Gasteiger partial charge on any atom is -0.497 e. The molecule has 138 valence electrons. The van der Waals surface area contributed by atoms with Crippen LogP contribution >= 0.6 is 11.6 Å². The maximum Gasteiger partial charge on any atom is 0.256 e. The highest BCUT2D eigenvalue weighted by atomic mass is 35.5. The summed E-state index contributed by atoms with van der Waals surface area (Å²) in [6, 6.07) is 12.2. The minimum absolute atomic E-state index is 0.0577. The zero-order chi connectivity index (χ0) is 18.8. The quantitative estimate of drug-likeness (QED) is 0.816. The Morgan fingerprint density at radius 3 is 2.46 bits per heavy atom. The third kappa shape index (κ3) is 3.69. The fraction of sp³-hybridized carbons (Fsp3) is 0.350. The molecule has 4 nitrogen and oxygen atoms in total. The average molecular weight is 377 g/mol. The summed E-state index contributed by atoms with van der Waals surface area (Å²) in [5, 5.41) is 0.280. The highest BCUT2D eigenvalue weighted by Crippen LogP contribution is 2.32. The predicted molar refractivity (Wildman–Crippen MR) is 101 cm³/mol. The summed E-state index contributed by atoms with van der Waals surface area (Å²) in [4.78, 5) is 16.7. The fourth-order valence-electron chi connectivity index (χ4n) is 3.49. The average Bonchev–Trinajstić information content (AvgIpc) is 3.07. The molecule has 2 atom stereocenters. The van der Waals surface area contributed by atoms with Crippen molar-refractivity contribution in [1.82, 2.24) is 9.80 Å². The van der Waals surface area contributed by atoms with Crippen molar-refractivity contribution < 1.29 is 13.9 Å². The van der Waals surface area contributed by atoms with Crippen molar-refractivity contribution in [3.63, 3.8) is 0 Å². The van der Waals surface area contributed by atoms with Crippen LogP contribution < -0.4 is 4.74 Å². The predicted octanol–water partition coefficient (Wildman–Crippen LogP) is 3.66. The lowest BCUT2D eigenvalue weighted by atomic mass is 9.93. The zero-order valence-corrected chi connectivity index (χ0v) is 15.8. The maximum atomic E-state index is 14.2. The molecule has 2 aromatic carbocycles. The van der Waals surface area contributed by atoms with Crippen molar-refractivity contribution in [2.75, 3.05) is 34.3 Å². The molecule has 0 bridgehead atoms. The summed E-state index contributed by atoms with van der Waals surface area (Å²) < 4.78 is 19.4. The van der Waals surface area contributed by atoms with Crippen molar-refractivity contribution >= 4 is 17.5 Å². The number of methoxy groups -OCH3 is 1. The first-order chi connectivity index (χ1) is 12.4.